The topological polar surface area (TPSA) is 94.5 Å². The number of ketones is 1. The molecule has 0 bridgehead atoms. The van der Waals surface area contributed by atoms with Crippen LogP contribution in [0.2, 0.25) is 5.02 Å². The number of benzene rings is 1. The lowest BCUT2D eigenvalue weighted by molar-refractivity contribution is -0.156. The van der Waals surface area contributed by atoms with Crippen molar-refractivity contribution in [2.24, 2.45) is 0 Å². The molecule has 2 rings (SSSR count). The molecule has 9 heteroatoms. The van der Waals surface area contributed by atoms with Crippen molar-refractivity contribution in [2.45, 2.75) is 58.2 Å². The molecule has 0 fully saturated rings. The Morgan fingerprint density at radius 1 is 1.23 bits per heavy atom. The number of alkyl halides is 1. The predicted molar refractivity (Wildman–Crippen MR) is 116 cm³/mol. The fraction of sp³-hybridized carbons (Fsp3) is 0.455. The average molecular weight is 453 g/mol. The minimum atomic E-state index is -1.40. The maximum absolute atomic E-state index is 13.0. The molecule has 0 saturated heterocycles. The third kappa shape index (κ3) is 6.37. The van der Waals surface area contributed by atoms with Crippen LogP contribution in [0.25, 0.3) is 10.8 Å². The number of hydrogen-bond acceptors (Lipinski definition) is 5. The summed E-state index contributed by atoms with van der Waals surface area (Å²) in [6.07, 6.45) is 1.19. The van der Waals surface area contributed by atoms with E-state index in [2.05, 4.69) is 5.32 Å². The summed E-state index contributed by atoms with van der Waals surface area (Å²) in [5.74, 6) is -2.38. The van der Waals surface area contributed by atoms with Gasteiger partial charge in [-0.2, -0.15) is 0 Å². The van der Waals surface area contributed by atoms with Crippen LogP contribution >= 0.6 is 11.6 Å². The molecule has 1 N–H and O–H groups in total. The monoisotopic (exact) mass is 452 g/mol. The second-order valence-electron chi connectivity index (χ2n) is 8.14. The van der Waals surface area contributed by atoms with Gasteiger partial charge < -0.3 is 14.6 Å². The summed E-state index contributed by atoms with van der Waals surface area (Å²) in [5.41, 5.74) is -1.22. The van der Waals surface area contributed by atoms with Gasteiger partial charge in [-0.1, -0.05) is 24.6 Å². The second kappa shape index (κ2) is 10.0. The molecule has 2 atom stereocenters. The van der Waals surface area contributed by atoms with Crippen LogP contribution in [-0.4, -0.2) is 40.5 Å². The van der Waals surface area contributed by atoms with Gasteiger partial charge in [-0.05, 0) is 50.8 Å². The molecule has 7 nitrogen and oxygen atoms in total. The zero-order valence-corrected chi connectivity index (χ0v) is 18.7. The highest BCUT2D eigenvalue weighted by Gasteiger charge is 2.30. The summed E-state index contributed by atoms with van der Waals surface area (Å²) in [7, 11) is 0. The van der Waals surface area contributed by atoms with Crippen LogP contribution in [0.1, 0.15) is 46.6 Å². The molecule has 0 spiro atoms. The van der Waals surface area contributed by atoms with Gasteiger partial charge in [-0.15, -0.1) is 0 Å². The largest absolute Gasteiger partial charge is 0.460 e. The van der Waals surface area contributed by atoms with Crippen molar-refractivity contribution in [3.8, 4) is 0 Å². The molecule has 1 heterocycles. The molecule has 2 aromatic rings. The van der Waals surface area contributed by atoms with E-state index in [1.54, 1.807) is 45.9 Å². The number of nitrogens with one attached hydrogen (secondary N) is 1. The fourth-order valence-electron chi connectivity index (χ4n) is 3.14. The minimum Gasteiger partial charge on any atom is -0.460 e. The van der Waals surface area contributed by atoms with Crippen LogP contribution in [0.15, 0.2) is 35.3 Å². The van der Waals surface area contributed by atoms with Crippen molar-refractivity contribution in [3.63, 3.8) is 0 Å². The summed E-state index contributed by atoms with van der Waals surface area (Å²) in [6, 6.07) is 4.17. The quantitative estimate of drug-likeness (QED) is 0.620. The van der Waals surface area contributed by atoms with Crippen molar-refractivity contribution in [1.82, 2.24) is 9.88 Å². The maximum atomic E-state index is 13.0. The van der Waals surface area contributed by atoms with Gasteiger partial charge in [0.05, 0.1) is 6.42 Å². The van der Waals surface area contributed by atoms with Crippen molar-refractivity contribution in [1.29, 1.82) is 0 Å². The average Bonchev–Trinajstić information content (AvgIpc) is 2.68. The maximum Gasteiger partial charge on any atom is 0.308 e. The lowest BCUT2D eigenvalue weighted by atomic mass is 10.1. The van der Waals surface area contributed by atoms with Crippen molar-refractivity contribution < 1.29 is 23.5 Å². The summed E-state index contributed by atoms with van der Waals surface area (Å²) in [4.78, 5) is 49.9. The van der Waals surface area contributed by atoms with Gasteiger partial charge in [0, 0.05) is 16.6 Å². The Kier molecular flexibility index (Phi) is 7.95. The van der Waals surface area contributed by atoms with Gasteiger partial charge >= 0.3 is 5.97 Å². The van der Waals surface area contributed by atoms with Gasteiger partial charge in [0.25, 0.3) is 5.56 Å². The van der Waals surface area contributed by atoms with Crippen molar-refractivity contribution in [3.05, 3.63) is 45.8 Å². The molecule has 0 saturated carbocycles. The second-order valence-corrected chi connectivity index (χ2v) is 8.57. The van der Waals surface area contributed by atoms with Gasteiger partial charge in [0.15, 0.2) is 5.78 Å². The van der Waals surface area contributed by atoms with E-state index in [-0.39, 0.29) is 6.42 Å². The third-order valence-corrected chi connectivity index (χ3v) is 4.78. The molecule has 0 aliphatic carbocycles. The molecule has 1 aromatic heterocycles. The first-order valence-electron chi connectivity index (χ1n) is 9.88. The number of hydrogen-bond donors (Lipinski definition) is 1. The number of carbonyl (C=O) groups excluding carboxylic acids is 3. The molecular formula is C22H26ClFN2O5. The minimum absolute atomic E-state index is 0.223. The third-order valence-electron chi connectivity index (χ3n) is 4.55. The van der Waals surface area contributed by atoms with Crippen LogP contribution in [0.5, 0.6) is 0 Å². The lowest BCUT2D eigenvalue weighted by Crippen LogP contribution is -2.47. The number of Topliss-reactive ketones (excluding diaryl/α,β-unsaturated/α-hetero) is 1. The smallest absolute Gasteiger partial charge is 0.308 e. The number of amides is 1. The van der Waals surface area contributed by atoms with E-state index < -0.39 is 54.0 Å². The number of nitrogens with zero attached hydrogens (tertiary/aromatic N) is 1. The number of fused-ring (bicyclic) bond motifs is 1. The van der Waals surface area contributed by atoms with Gasteiger partial charge in [-0.25, -0.2) is 4.39 Å². The van der Waals surface area contributed by atoms with Gasteiger partial charge in [0.1, 0.15) is 24.4 Å². The number of rotatable bonds is 8. The van der Waals surface area contributed by atoms with Crippen LogP contribution in [0.3, 0.4) is 0 Å². The van der Waals surface area contributed by atoms with E-state index in [0.29, 0.717) is 15.8 Å². The van der Waals surface area contributed by atoms with Crippen LogP contribution in [0, 0.1) is 0 Å². The lowest BCUT2D eigenvalue weighted by Gasteiger charge is -2.24. The number of esters is 1. The Balaban J connectivity index is 2.30. The highest BCUT2D eigenvalue weighted by atomic mass is 35.5. The Hall–Kier alpha value is -2.74. The summed E-state index contributed by atoms with van der Waals surface area (Å²) in [5, 5.41) is 3.79. The molecule has 0 radical (unpaired) electrons. The molecule has 31 heavy (non-hydrogen) atoms. The van der Waals surface area contributed by atoms with E-state index in [0.717, 1.165) is 0 Å². The van der Waals surface area contributed by atoms with Crippen LogP contribution in [0.4, 0.5) is 4.39 Å². The predicted octanol–water partition coefficient (Wildman–Crippen LogP) is 3.36. The highest BCUT2D eigenvalue weighted by Crippen LogP contribution is 2.19. The molecule has 0 aliphatic rings. The number of aromatic nitrogens is 1. The summed E-state index contributed by atoms with van der Waals surface area (Å²) >= 11 is 5.99. The highest BCUT2D eigenvalue weighted by molar-refractivity contribution is 6.31. The summed E-state index contributed by atoms with van der Waals surface area (Å²) < 4.78 is 19.4. The van der Waals surface area contributed by atoms with Crippen molar-refractivity contribution in [2.75, 3.05) is 6.67 Å². The first-order valence-corrected chi connectivity index (χ1v) is 10.3. The number of pyridine rings is 1. The Morgan fingerprint density at radius 2 is 1.90 bits per heavy atom. The van der Waals surface area contributed by atoms with Gasteiger partial charge in [0.2, 0.25) is 5.91 Å². The Morgan fingerprint density at radius 3 is 2.48 bits per heavy atom. The molecule has 2 unspecified atom stereocenters. The zero-order chi connectivity index (χ0) is 23.3. The van der Waals surface area contributed by atoms with Crippen LogP contribution in [-0.2, 0) is 19.1 Å². The SMILES string of the molecule is CCC(C(=O)NC(CC(=O)OC(C)(C)C)C(=O)CF)n1ccc2ccc(Cl)cc2c1=O. The van der Waals surface area contributed by atoms with Gasteiger partial charge in [-0.3, -0.25) is 19.2 Å². The molecule has 1 amide bonds. The Labute approximate surface area is 184 Å². The Bertz CT molecular complexity index is 1040. The number of ether oxygens (including phenoxy) is 1. The van der Waals surface area contributed by atoms with Crippen LogP contribution < -0.4 is 10.9 Å². The summed E-state index contributed by atoms with van der Waals surface area (Å²) in [6.45, 7) is 5.31. The first-order chi connectivity index (χ1) is 14.5. The van der Waals surface area contributed by atoms with E-state index in [9.17, 15) is 23.6 Å². The fourth-order valence-corrected chi connectivity index (χ4v) is 3.31. The molecular weight excluding hydrogens is 427 g/mol. The standard InChI is InChI=1S/C22H26ClFN2O5/c1-5-17(26-9-8-13-6-7-14(23)10-15(13)21(26)30)20(29)25-16(18(27)12-24)11-19(28)31-22(2,3)4/h6-10,16-17H,5,11-12H2,1-4H3,(H,25,29). The molecule has 1 aromatic carbocycles. The van der Waals surface area contributed by atoms with E-state index in [1.165, 1.54) is 16.8 Å². The van der Waals surface area contributed by atoms with E-state index in [1.807, 2.05) is 0 Å². The first kappa shape index (κ1) is 24.5. The van der Waals surface area contributed by atoms with Crippen molar-refractivity contribution >= 4 is 40.0 Å². The molecule has 0 aliphatic heterocycles. The van der Waals surface area contributed by atoms with E-state index >= 15 is 0 Å². The molecule has 168 valence electrons. The normalized spacial score (nSPS) is 13.5. The number of halogens is 2. The van der Waals surface area contributed by atoms with E-state index in [4.69, 9.17) is 16.3 Å². The zero-order valence-electron chi connectivity index (χ0n) is 17.9. The number of carbonyl (C=O) groups is 3.